The van der Waals surface area contributed by atoms with E-state index >= 15 is 0 Å². The number of benzene rings is 1. The van der Waals surface area contributed by atoms with Gasteiger partial charge < -0.3 is 10.2 Å². The van der Waals surface area contributed by atoms with E-state index < -0.39 is 0 Å². The monoisotopic (exact) mass is 326 g/mol. The Morgan fingerprint density at radius 3 is 2.46 bits per heavy atom. The Morgan fingerprint density at radius 1 is 1.00 bits per heavy atom. The lowest BCUT2D eigenvalue weighted by Crippen LogP contribution is -2.48. The molecular weight excluding hydrogens is 296 g/mol. The Kier molecular flexibility index (Phi) is 4.88. The lowest BCUT2D eigenvalue weighted by molar-refractivity contribution is -0.118. The topological polar surface area (TPSA) is 32.3 Å². The Bertz CT molecular complexity index is 552. The molecule has 0 aromatic heterocycles. The van der Waals surface area contributed by atoms with Crippen LogP contribution in [0.4, 0.5) is 5.69 Å². The molecule has 3 aliphatic rings. The summed E-state index contributed by atoms with van der Waals surface area (Å²) in [5.74, 6) is 2.00. The van der Waals surface area contributed by atoms with Crippen LogP contribution in [0, 0.1) is 11.8 Å². The quantitative estimate of drug-likeness (QED) is 0.882. The van der Waals surface area contributed by atoms with Crippen LogP contribution < -0.4 is 10.2 Å². The summed E-state index contributed by atoms with van der Waals surface area (Å²) < 4.78 is 0. The molecule has 24 heavy (non-hydrogen) atoms. The maximum atomic E-state index is 13.1. The van der Waals surface area contributed by atoms with Crippen LogP contribution in [0.15, 0.2) is 30.3 Å². The molecule has 0 saturated heterocycles. The zero-order valence-electron chi connectivity index (χ0n) is 14.6. The zero-order chi connectivity index (χ0) is 16.4. The SMILES string of the molecule is O=C(CN[C@H]1C[C@@H]2CC[C@@H]1C2)N(c1ccccc1)C1CCCCC1. The van der Waals surface area contributed by atoms with Gasteiger partial charge in [0.25, 0.3) is 0 Å². The van der Waals surface area contributed by atoms with Gasteiger partial charge in [0.05, 0.1) is 6.54 Å². The standard InChI is InChI=1S/C21H30N2O/c24-21(15-22-20-14-16-11-12-17(20)13-16)23(18-7-3-1-4-8-18)19-9-5-2-6-10-19/h1,3-4,7-8,16-17,19-20,22H,2,5-6,9-15H2/t16-,17-,20+/m1/s1. The summed E-state index contributed by atoms with van der Waals surface area (Å²) in [7, 11) is 0. The number of fused-ring (bicyclic) bond motifs is 2. The molecule has 3 fully saturated rings. The molecule has 0 aliphatic heterocycles. The third-order valence-electron chi connectivity index (χ3n) is 6.50. The molecule has 3 heteroatoms. The number of rotatable bonds is 5. The van der Waals surface area contributed by atoms with E-state index in [4.69, 9.17) is 0 Å². The van der Waals surface area contributed by atoms with Crippen molar-refractivity contribution in [3.63, 3.8) is 0 Å². The van der Waals surface area contributed by atoms with Crippen LogP contribution >= 0.6 is 0 Å². The van der Waals surface area contributed by atoms with Crippen LogP contribution in [0.5, 0.6) is 0 Å². The Labute approximate surface area is 145 Å². The fourth-order valence-electron chi connectivity index (χ4n) is 5.28. The van der Waals surface area contributed by atoms with Crippen LogP contribution in [-0.2, 0) is 4.79 Å². The molecule has 0 heterocycles. The van der Waals surface area contributed by atoms with Crippen LogP contribution in [-0.4, -0.2) is 24.5 Å². The summed E-state index contributed by atoms with van der Waals surface area (Å²) in [5.41, 5.74) is 1.07. The first-order valence-electron chi connectivity index (χ1n) is 9.92. The highest BCUT2D eigenvalue weighted by Crippen LogP contribution is 2.44. The molecule has 3 nitrogen and oxygen atoms in total. The fraction of sp³-hybridized carbons (Fsp3) is 0.667. The third-order valence-corrected chi connectivity index (χ3v) is 6.50. The third kappa shape index (κ3) is 3.37. The van der Waals surface area contributed by atoms with Crippen molar-refractivity contribution in [1.29, 1.82) is 0 Å². The summed E-state index contributed by atoms with van der Waals surface area (Å²) >= 11 is 0. The molecule has 0 unspecified atom stereocenters. The normalized spacial score (nSPS) is 29.8. The van der Waals surface area contributed by atoms with Crippen molar-refractivity contribution in [2.45, 2.75) is 69.9 Å². The van der Waals surface area contributed by atoms with Crippen molar-refractivity contribution in [3.8, 4) is 0 Å². The highest BCUT2D eigenvalue weighted by Gasteiger charge is 2.39. The summed E-state index contributed by atoms with van der Waals surface area (Å²) in [6.07, 6.45) is 11.6. The minimum atomic E-state index is 0.260. The lowest BCUT2D eigenvalue weighted by atomic mass is 9.93. The summed E-state index contributed by atoms with van der Waals surface area (Å²) in [5, 5.41) is 3.61. The van der Waals surface area contributed by atoms with Crippen molar-refractivity contribution in [2.75, 3.05) is 11.4 Å². The second kappa shape index (κ2) is 7.26. The van der Waals surface area contributed by atoms with Crippen molar-refractivity contribution in [1.82, 2.24) is 5.32 Å². The molecular formula is C21H30N2O. The van der Waals surface area contributed by atoms with E-state index in [1.807, 2.05) is 18.2 Å². The van der Waals surface area contributed by atoms with Gasteiger partial charge in [-0.05, 0) is 56.1 Å². The molecule has 1 aromatic carbocycles. The lowest BCUT2D eigenvalue weighted by Gasteiger charge is -2.35. The number of hydrogen-bond donors (Lipinski definition) is 1. The largest absolute Gasteiger partial charge is 0.308 e. The molecule has 0 spiro atoms. The van der Waals surface area contributed by atoms with Gasteiger partial charge in [0.1, 0.15) is 0 Å². The molecule has 4 rings (SSSR count). The first-order chi connectivity index (χ1) is 11.8. The van der Waals surface area contributed by atoms with Gasteiger partial charge in [0.2, 0.25) is 5.91 Å². The Balaban J connectivity index is 1.42. The van der Waals surface area contributed by atoms with E-state index in [9.17, 15) is 4.79 Å². The van der Waals surface area contributed by atoms with Crippen molar-refractivity contribution < 1.29 is 4.79 Å². The molecule has 3 atom stereocenters. The maximum Gasteiger partial charge on any atom is 0.241 e. The Morgan fingerprint density at radius 2 is 1.79 bits per heavy atom. The fourth-order valence-corrected chi connectivity index (χ4v) is 5.28. The summed E-state index contributed by atoms with van der Waals surface area (Å²) in [6, 6.07) is 11.3. The van der Waals surface area contributed by atoms with E-state index in [1.165, 1.54) is 44.9 Å². The smallest absolute Gasteiger partial charge is 0.241 e. The molecule has 3 saturated carbocycles. The van der Waals surface area contributed by atoms with Gasteiger partial charge in [-0.1, -0.05) is 43.9 Å². The average molecular weight is 326 g/mol. The molecule has 3 aliphatic carbocycles. The van der Waals surface area contributed by atoms with E-state index in [2.05, 4.69) is 22.3 Å². The molecule has 1 N–H and O–H groups in total. The molecule has 1 amide bonds. The molecule has 1 aromatic rings. The van der Waals surface area contributed by atoms with Crippen LogP contribution in [0.25, 0.3) is 0 Å². The predicted octanol–water partition coefficient (Wildman–Crippen LogP) is 4.13. The highest BCUT2D eigenvalue weighted by atomic mass is 16.2. The van der Waals surface area contributed by atoms with E-state index in [-0.39, 0.29) is 5.91 Å². The number of hydrogen-bond acceptors (Lipinski definition) is 2. The summed E-state index contributed by atoms with van der Waals surface area (Å²) in [4.78, 5) is 15.2. The minimum absolute atomic E-state index is 0.260. The first kappa shape index (κ1) is 16.1. The van der Waals surface area contributed by atoms with Gasteiger partial charge in [0.15, 0.2) is 0 Å². The van der Waals surface area contributed by atoms with Crippen molar-refractivity contribution >= 4 is 11.6 Å². The zero-order valence-corrected chi connectivity index (χ0v) is 14.6. The average Bonchev–Trinajstić information content (AvgIpc) is 3.25. The number of carbonyl (C=O) groups is 1. The van der Waals surface area contributed by atoms with Gasteiger partial charge >= 0.3 is 0 Å². The van der Waals surface area contributed by atoms with Crippen molar-refractivity contribution in [3.05, 3.63) is 30.3 Å². The predicted molar refractivity (Wildman–Crippen MR) is 98.0 cm³/mol. The van der Waals surface area contributed by atoms with Crippen LogP contribution in [0.1, 0.15) is 57.8 Å². The first-order valence-corrected chi connectivity index (χ1v) is 9.92. The number of nitrogens with zero attached hydrogens (tertiary/aromatic N) is 1. The number of amides is 1. The number of nitrogens with one attached hydrogen (secondary N) is 1. The van der Waals surface area contributed by atoms with Crippen LogP contribution in [0.2, 0.25) is 0 Å². The van der Waals surface area contributed by atoms with Gasteiger partial charge in [-0.3, -0.25) is 4.79 Å². The van der Waals surface area contributed by atoms with E-state index in [0.717, 1.165) is 30.4 Å². The molecule has 130 valence electrons. The Hall–Kier alpha value is -1.35. The van der Waals surface area contributed by atoms with Gasteiger partial charge in [-0.15, -0.1) is 0 Å². The second-order valence-electron chi connectivity index (χ2n) is 8.05. The number of anilines is 1. The highest BCUT2D eigenvalue weighted by molar-refractivity contribution is 5.95. The number of carbonyl (C=O) groups excluding carboxylic acids is 1. The second-order valence-corrected chi connectivity index (χ2v) is 8.05. The molecule has 2 bridgehead atoms. The summed E-state index contributed by atoms with van der Waals surface area (Å²) in [6.45, 7) is 0.499. The van der Waals surface area contributed by atoms with Gasteiger partial charge in [0, 0.05) is 17.8 Å². The van der Waals surface area contributed by atoms with Gasteiger partial charge in [-0.2, -0.15) is 0 Å². The van der Waals surface area contributed by atoms with E-state index in [1.54, 1.807) is 0 Å². The van der Waals surface area contributed by atoms with Gasteiger partial charge in [-0.25, -0.2) is 0 Å². The van der Waals surface area contributed by atoms with Crippen LogP contribution in [0.3, 0.4) is 0 Å². The van der Waals surface area contributed by atoms with E-state index in [0.29, 0.717) is 18.6 Å². The molecule has 0 radical (unpaired) electrons. The number of para-hydroxylation sites is 1. The van der Waals surface area contributed by atoms with Crippen molar-refractivity contribution in [2.24, 2.45) is 11.8 Å². The minimum Gasteiger partial charge on any atom is -0.308 e. The maximum absolute atomic E-state index is 13.1.